The first-order chi connectivity index (χ1) is 26.4. The van der Waals surface area contributed by atoms with Crippen LogP contribution in [0.5, 0.6) is 0 Å². The van der Waals surface area contributed by atoms with Gasteiger partial charge in [0.05, 0.1) is 22.1 Å². The lowest BCUT2D eigenvalue weighted by Gasteiger charge is -2.19. The van der Waals surface area contributed by atoms with Crippen molar-refractivity contribution in [1.29, 1.82) is 0 Å². The van der Waals surface area contributed by atoms with Crippen molar-refractivity contribution in [2.45, 2.75) is 66.7 Å². The molecule has 268 valence electrons. The molecule has 2 heterocycles. The molecule has 54 heavy (non-hydrogen) atoms. The van der Waals surface area contributed by atoms with E-state index in [9.17, 15) is 0 Å². The Labute approximate surface area is 318 Å². The number of para-hydroxylation sites is 3. The van der Waals surface area contributed by atoms with E-state index in [-0.39, 0.29) is 0 Å². The van der Waals surface area contributed by atoms with E-state index in [1.54, 1.807) is 0 Å². The number of hydrogen-bond donors (Lipinski definition) is 0. The zero-order chi connectivity index (χ0) is 37.3. The molecule has 0 amide bonds. The Balaban J connectivity index is 1.45. The molecule has 0 saturated carbocycles. The topological polar surface area (TPSA) is 34.6 Å². The molecule has 0 bridgehead atoms. The van der Waals surface area contributed by atoms with E-state index >= 15 is 0 Å². The van der Waals surface area contributed by atoms with Crippen molar-refractivity contribution in [3.63, 3.8) is 0 Å². The maximum atomic E-state index is 5.62. The number of allylic oxidation sites excluding steroid dienone is 1. The maximum Gasteiger partial charge on any atom is 0.161 e. The second-order valence-electron chi connectivity index (χ2n) is 14.4. The van der Waals surface area contributed by atoms with Crippen molar-refractivity contribution < 1.29 is 0 Å². The van der Waals surface area contributed by atoms with Crippen LogP contribution in [-0.2, 0) is 0 Å². The standard InChI is InChI=1S/C50H48N4/c1-7-19-47(52-50(51-35(6)9-3)36-28-29-39(44(32-36)33(4)8-2)38-23-14-13-20-34(38)5)54-46-27-18-16-25-41(46)43-31-30-42-40-24-15-17-26-45(40)53(48(42)49(43)54)37-21-11-10-12-22-37/h10-33H,7-9H2,1-6H3/b47-19-,51-35?,52-50?. The molecule has 0 spiro atoms. The van der Waals surface area contributed by atoms with Crippen molar-refractivity contribution in [3.05, 3.63) is 156 Å². The fraction of sp³-hybridized carbons (Fsp3) is 0.200. The fourth-order valence-corrected chi connectivity index (χ4v) is 7.93. The highest BCUT2D eigenvalue weighted by Crippen LogP contribution is 2.42. The normalized spacial score (nSPS) is 13.5. The predicted molar refractivity (Wildman–Crippen MR) is 234 cm³/mol. The molecule has 0 saturated heterocycles. The first-order valence-electron chi connectivity index (χ1n) is 19.5. The molecule has 0 aliphatic carbocycles. The lowest BCUT2D eigenvalue weighted by Crippen LogP contribution is -2.07. The minimum Gasteiger partial charge on any atom is -0.307 e. The fourth-order valence-electron chi connectivity index (χ4n) is 7.93. The summed E-state index contributed by atoms with van der Waals surface area (Å²) in [6.45, 7) is 13.3. The van der Waals surface area contributed by atoms with Crippen molar-refractivity contribution in [2.24, 2.45) is 9.98 Å². The number of benzene rings is 6. The highest BCUT2D eigenvalue weighted by atomic mass is 15.1. The summed E-state index contributed by atoms with van der Waals surface area (Å²) in [6, 6.07) is 48.4. The summed E-state index contributed by atoms with van der Waals surface area (Å²) in [5.74, 6) is 1.97. The van der Waals surface area contributed by atoms with E-state index < -0.39 is 0 Å². The first kappa shape index (κ1) is 35.1. The number of hydrogen-bond acceptors (Lipinski definition) is 1. The van der Waals surface area contributed by atoms with Gasteiger partial charge in [-0.1, -0.05) is 131 Å². The molecule has 6 aromatic carbocycles. The van der Waals surface area contributed by atoms with Gasteiger partial charge in [-0.25, -0.2) is 9.98 Å². The van der Waals surface area contributed by atoms with E-state index in [0.717, 1.165) is 58.9 Å². The Morgan fingerprint density at radius 2 is 1.30 bits per heavy atom. The second kappa shape index (κ2) is 14.8. The van der Waals surface area contributed by atoms with Crippen molar-refractivity contribution in [1.82, 2.24) is 9.13 Å². The summed E-state index contributed by atoms with van der Waals surface area (Å²) in [5, 5.41) is 4.85. The van der Waals surface area contributed by atoms with Gasteiger partial charge in [-0.2, -0.15) is 0 Å². The van der Waals surface area contributed by atoms with Gasteiger partial charge in [0.25, 0.3) is 0 Å². The Morgan fingerprint density at radius 1 is 0.648 bits per heavy atom. The lowest BCUT2D eigenvalue weighted by molar-refractivity contribution is 0.735. The maximum absolute atomic E-state index is 5.62. The number of aliphatic imine (C=N–C) groups is 2. The summed E-state index contributed by atoms with van der Waals surface area (Å²) in [6.07, 6.45) is 4.96. The van der Waals surface area contributed by atoms with Crippen LogP contribution in [0.2, 0.25) is 0 Å². The summed E-state index contributed by atoms with van der Waals surface area (Å²) >= 11 is 0. The molecular formula is C50H48N4. The average Bonchev–Trinajstić information content (AvgIpc) is 3.73. The van der Waals surface area contributed by atoms with Crippen LogP contribution >= 0.6 is 0 Å². The molecule has 8 rings (SSSR count). The Kier molecular flexibility index (Phi) is 9.60. The second-order valence-corrected chi connectivity index (χ2v) is 14.4. The molecule has 0 aliphatic rings. The zero-order valence-electron chi connectivity index (χ0n) is 32.3. The smallest absolute Gasteiger partial charge is 0.161 e. The summed E-state index contributed by atoms with van der Waals surface area (Å²) < 4.78 is 4.82. The minimum atomic E-state index is 0.369. The largest absolute Gasteiger partial charge is 0.307 e. The molecule has 8 aromatic rings. The van der Waals surface area contributed by atoms with Gasteiger partial charge < -0.3 is 4.57 Å². The third kappa shape index (κ3) is 6.06. The molecular weight excluding hydrogens is 657 g/mol. The third-order valence-electron chi connectivity index (χ3n) is 11.0. The van der Waals surface area contributed by atoms with Gasteiger partial charge in [-0.15, -0.1) is 0 Å². The van der Waals surface area contributed by atoms with E-state index in [4.69, 9.17) is 9.98 Å². The number of aromatic nitrogens is 2. The van der Waals surface area contributed by atoms with E-state index in [0.29, 0.717) is 5.92 Å². The third-order valence-corrected chi connectivity index (χ3v) is 11.0. The molecule has 4 heteroatoms. The SMILES string of the molecule is CC/C=C(/N=C(N=C(C)CC)c1ccc(-c2ccccc2C)c(C(C)CC)c1)n1c2ccccc2c2ccc3c4ccccc4n(-c4ccccc4)c3c21. The molecule has 0 fully saturated rings. The number of rotatable bonds is 9. The van der Waals surface area contributed by atoms with Crippen LogP contribution in [0, 0.1) is 6.92 Å². The molecule has 4 nitrogen and oxygen atoms in total. The highest BCUT2D eigenvalue weighted by molar-refractivity contribution is 6.24. The average molecular weight is 705 g/mol. The molecule has 0 N–H and O–H groups in total. The summed E-state index contributed by atoms with van der Waals surface area (Å²) in [5.41, 5.74) is 13.0. The van der Waals surface area contributed by atoms with Crippen LogP contribution < -0.4 is 0 Å². The van der Waals surface area contributed by atoms with Crippen LogP contribution in [0.15, 0.2) is 150 Å². The van der Waals surface area contributed by atoms with Gasteiger partial charge in [0.2, 0.25) is 0 Å². The van der Waals surface area contributed by atoms with Gasteiger partial charge in [0.15, 0.2) is 5.84 Å². The Morgan fingerprint density at radius 3 is 2.00 bits per heavy atom. The van der Waals surface area contributed by atoms with E-state index in [2.05, 4.69) is 190 Å². The van der Waals surface area contributed by atoms with Crippen LogP contribution in [0.3, 0.4) is 0 Å². The van der Waals surface area contributed by atoms with Gasteiger partial charge in [0, 0.05) is 38.5 Å². The molecule has 1 atom stereocenters. The summed E-state index contributed by atoms with van der Waals surface area (Å²) in [7, 11) is 0. The van der Waals surface area contributed by atoms with Gasteiger partial charge in [-0.3, -0.25) is 4.57 Å². The zero-order valence-corrected chi connectivity index (χ0v) is 32.3. The number of amidine groups is 1. The van der Waals surface area contributed by atoms with Crippen LogP contribution in [0.25, 0.3) is 66.2 Å². The molecule has 2 aromatic heterocycles. The lowest BCUT2D eigenvalue weighted by atomic mass is 9.87. The number of nitrogens with zero attached hydrogens (tertiary/aromatic N) is 4. The van der Waals surface area contributed by atoms with E-state index in [1.165, 1.54) is 54.8 Å². The predicted octanol–water partition coefficient (Wildman–Crippen LogP) is 13.9. The van der Waals surface area contributed by atoms with E-state index in [1.807, 2.05) is 0 Å². The quantitative estimate of drug-likeness (QED) is 0.106. The van der Waals surface area contributed by atoms with Crippen LogP contribution in [0.1, 0.15) is 76.5 Å². The number of aryl methyl sites for hydroxylation is 1. The molecule has 0 radical (unpaired) electrons. The van der Waals surface area contributed by atoms with Gasteiger partial charge >= 0.3 is 0 Å². The molecule has 0 aliphatic heterocycles. The number of fused-ring (bicyclic) bond motifs is 7. The summed E-state index contributed by atoms with van der Waals surface area (Å²) in [4.78, 5) is 10.9. The first-order valence-corrected chi connectivity index (χ1v) is 19.5. The Hall–Kier alpha value is -6.00. The van der Waals surface area contributed by atoms with Crippen molar-refractivity contribution >= 4 is 61.0 Å². The monoisotopic (exact) mass is 704 g/mol. The van der Waals surface area contributed by atoms with Crippen LogP contribution in [-0.4, -0.2) is 20.7 Å². The van der Waals surface area contributed by atoms with Gasteiger partial charge in [0.1, 0.15) is 5.82 Å². The molecule has 1 unspecified atom stereocenters. The highest BCUT2D eigenvalue weighted by Gasteiger charge is 2.23. The van der Waals surface area contributed by atoms with Gasteiger partial charge in [-0.05, 0) is 97.7 Å². The Bertz CT molecular complexity index is 2750. The van der Waals surface area contributed by atoms with Crippen molar-refractivity contribution in [3.8, 4) is 16.8 Å². The van der Waals surface area contributed by atoms with Crippen LogP contribution in [0.4, 0.5) is 0 Å². The minimum absolute atomic E-state index is 0.369. The van der Waals surface area contributed by atoms with Crippen molar-refractivity contribution in [2.75, 3.05) is 0 Å².